The molecule has 0 saturated carbocycles. The molecule has 2 fully saturated rings. The maximum Gasteiger partial charge on any atom is 0.414 e. The van der Waals surface area contributed by atoms with Crippen molar-refractivity contribution in [3.05, 3.63) is 72.8 Å². The first-order valence-corrected chi connectivity index (χ1v) is 11.9. The van der Waals surface area contributed by atoms with Crippen molar-refractivity contribution in [3.63, 3.8) is 0 Å². The van der Waals surface area contributed by atoms with Gasteiger partial charge in [0.05, 0.1) is 50.0 Å². The van der Waals surface area contributed by atoms with E-state index in [9.17, 15) is 9.59 Å². The lowest BCUT2D eigenvalue weighted by molar-refractivity contribution is -0.661. The van der Waals surface area contributed by atoms with Crippen LogP contribution in [-0.2, 0) is 16.0 Å². The number of nitrogens with two attached hydrogens (primary N) is 1. The van der Waals surface area contributed by atoms with Gasteiger partial charge in [0.15, 0.2) is 0 Å². The van der Waals surface area contributed by atoms with E-state index in [-0.39, 0.29) is 24.2 Å². The molecule has 0 aliphatic carbocycles. The van der Waals surface area contributed by atoms with E-state index in [0.717, 1.165) is 0 Å². The van der Waals surface area contributed by atoms with Crippen molar-refractivity contribution in [1.29, 1.82) is 0 Å². The van der Waals surface area contributed by atoms with E-state index in [0.29, 0.717) is 24.5 Å². The highest BCUT2D eigenvalue weighted by molar-refractivity contribution is 5.91. The lowest BCUT2D eigenvalue weighted by Crippen LogP contribution is -2.87. The third-order valence-electron chi connectivity index (χ3n) is 6.43. The number of rotatable bonds is 7. The largest absolute Gasteiger partial charge is 0.442 e. The number of hydrogen-bond acceptors (Lipinski definition) is 8. The molecule has 3 aromatic rings. The van der Waals surface area contributed by atoms with E-state index in [1.54, 1.807) is 27.4 Å². The van der Waals surface area contributed by atoms with Crippen molar-refractivity contribution >= 4 is 23.6 Å². The van der Waals surface area contributed by atoms with Crippen LogP contribution in [0.4, 0.5) is 29.7 Å². The van der Waals surface area contributed by atoms with Gasteiger partial charge in [-0.15, -0.1) is 5.10 Å². The molecule has 2 atom stereocenters. The molecular weight excluding hydrogens is 502 g/mol. The smallest absolute Gasteiger partial charge is 0.414 e. The molecule has 14 heteroatoms. The van der Waals surface area contributed by atoms with E-state index in [1.165, 1.54) is 46.3 Å². The summed E-state index contributed by atoms with van der Waals surface area (Å²) in [5, 5.41) is 9.35. The quantitative estimate of drug-likeness (QED) is 0.444. The Morgan fingerprint density at radius 1 is 0.921 bits per heavy atom. The highest BCUT2D eigenvalue weighted by atomic mass is 19.1. The highest BCUT2D eigenvalue weighted by Gasteiger charge is 2.35. The van der Waals surface area contributed by atoms with E-state index < -0.39 is 36.0 Å². The SMILES string of the molecule is O=C1OC(CN2C=C[NH2+]N2)CN1c1ccc(-c2ccc(N3CC(Cn4ccnn4)OC3=O)cc2F)c(F)c1. The Balaban J connectivity index is 1.15. The minimum absolute atomic E-state index is 0.0227. The number of aromatic nitrogens is 3. The van der Waals surface area contributed by atoms with Crippen LogP contribution in [-0.4, -0.2) is 64.0 Å². The molecule has 2 aromatic carbocycles. The Morgan fingerprint density at radius 3 is 2.03 bits per heavy atom. The minimum atomic E-state index is -0.703. The van der Waals surface area contributed by atoms with E-state index in [2.05, 4.69) is 15.8 Å². The van der Waals surface area contributed by atoms with Crippen LogP contribution in [0.1, 0.15) is 0 Å². The normalized spacial score (nSPS) is 20.9. The van der Waals surface area contributed by atoms with Gasteiger partial charge < -0.3 is 9.47 Å². The maximum atomic E-state index is 15.1. The summed E-state index contributed by atoms with van der Waals surface area (Å²) >= 11 is 0. The fourth-order valence-corrected chi connectivity index (χ4v) is 4.64. The number of amides is 2. The van der Waals surface area contributed by atoms with E-state index >= 15 is 8.78 Å². The molecule has 196 valence electrons. The van der Waals surface area contributed by atoms with Crippen LogP contribution in [0.2, 0.25) is 0 Å². The molecule has 0 radical (unpaired) electrons. The number of hydrogen-bond donors (Lipinski definition) is 2. The summed E-state index contributed by atoms with van der Waals surface area (Å²) in [6.07, 6.45) is 4.73. The Bertz CT molecular complexity index is 1400. The molecule has 6 rings (SSSR count). The fourth-order valence-electron chi connectivity index (χ4n) is 4.64. The van der Waals surface area contributed by atoms with Gasteiger partial charge in [0.25, 0.3) is 0 Å². The number of anilines is 2. The lowest BCUT2D eigenvalue weighted by Gasteiger charge is -2.17. The predicted molar refractivity (Wildman–Crippen MR) is 128 cm³/mol. The maximum absolute atomic E-state index is 15.1. The zero-order valence-electron chi connectivity index (χ0n) is 19.9. The summed E-state index contributed by atoms with van der Waals surface area (Å²) in [4.78, 5) is 27.4. The number of carbonyl (C=O) groups excluding carboxylic acids is 2. The molecule has 12 nitrogen and oxygen atoms in total. The average molecular weight is 525 g/mol. The van der Waals surface area contributed by atoms with Gasteiger partial charge in [0, 0.05) is 17.3 Å². The second-order valence-electron chi connectivity index (χ2n) is 8.98. The van der Waals surface area contributed by atoms with E-state index in [4.69, 9.17) is 9.47 Å². The fraction of sp³-hybridized carbons (Fsp3) is 0.250. The van der Waals surface area contributed by atoms with Gasteiger partial charge in [0.2, 0.25) is 0 Å². The number of ether oxygens (including phenoxy) is 2. The van der Waals surface area contributed by atoms with Gasteiger partial charge in [-0.25, -0.2) is 28.5 Å². The third kappa shape index (κ3) is 4.62. The van der Waals surface area contributed by atoms with Gasteiger partial charge in [0.1, 0.15) is 30.0 Å². The molecule has 3 N–H and O–H groups in total. The topological polar surface area (TPSA) is 122 Å². The van der Waals surface area contributed by atoms with Crippen molar-refractivity contribution in [2.75, 3.05) is 29.4 Å². The van der Waals surface area contributed by atoms with Crippen molar-refractivity contribution in [2.45, 2.75) is 18.8 Å². The number of nitrogens with one attached hydrogen (secondary N) is 1. The molecule has 0 bridgehead atoms. The first-order chi connectivity index (χ1) is 18.4. The van der Waals surface area contributed by atoms with Crippen molar-refractivity contribution < 1.29 is 33.3 Å². The van der Waals surface area contributed by atoms with Gasteiger partial charge in [-0.3, -0.25) is 14.8 Å². The number of nitrogens with zero attached hydrogens (tertiary/aromatic N) is 6. The summed E-state index contributed by atoms with van der Waals surface area (Å²) < 4.78 is 42.6. The van der Waals surface area contributed by atoms with Crippen LogP contribution >= 0.6 is 0 Å². The van der Waals surface area contributed by atoms with Gasteiger partial charge in [-0.2, -0.15) is 0 Å². The second-order valence-corrected chi connectivity index (χ2v) is 8.98. The second kappa shape index (κ2) is 9.72. The Hall–Kier alpha value is -4.56. The summed E-state index contributed by atoms with van der Waals surface area (Å²) in [7, 11) is 0. The molecule has 1 aromatic heterocycles. The van der Waals surface area contributed by atoms with Crippen LogP contribution in [0, 0.1) is 11.6 Å². The zero-order chi connectivity index (χ0) is 26.2. The number of carbonyl (C=O) groups is 2. The summed E-state index contributed by atoms with van der Waals surface area (Å²) in [6.45, 7) is 1.20. The monoisotopic (exact) mass is 525 g/mol. The number of cyclic esters (lactones) is 2. The zero-order valence-corrected chi connectivity index (χ0v) is 19.9. The Labute approximate surface area is 214 Å². The van der Waals surface area contributed by atoms with Crippen LogP contribution < -0.4 is 20.8 Å². The van der Waals surface area contributed by atoms with E-state index in [1.807, 2.05) is 12.4 Å². The Kier molecular flexibility index (Phi) is 6.09. The predicted octanol–water partition coefficient (Wildman–Crippen LogP) is 1.34. The molecule has 0 spiro atoms. The number of quaternary nitrogens is 1. The minimum Gasteiger partial charge on any atom is -0.442 e. The van der Waals surface area contributed by atoms with Crippen molar-refractivity contribution in [2.24, 2.45) is 0 Å². The van der Waals surface area contributed by atoms with Crippen LogP contribution in [0.25, 0.3) is 11.1 Å². The summed E-state index contributed by atoms with van der Waals surface area (Å²) in [6, 6.07) is 8.26. The Morgan fingerprint density at radius 2 is 1.53 bits per heavy atom. The first kappa shape index (κ1) is 23.8. The van der Waals surface area contributed by atoms with Crippen LogP contribution in [0.5, 0.6) is 0 Å². The summed E-state index contributed by atoms with van der Waals surface area (Å²) in [5.41, 5.74) is 5.39. The number of halogens is 2. The average Bonchev–Trinajstić information content (AvgIpc) is 3.70. The number of benzene rings is 2. The molecular formula is C24H23F2N8O4+. The lowest BCUT2D eigenvalue weighted by atomic mass is 10.0. The molecule has 4 heterocycles. The van der Waals surface area contributed by atoms with Crippen molar-refractivity contribution in [3.8, 4) is 11.1 Å². The molecule has 2 amide bonds. The molecule has 2 unspecified atom stereocenters. The highest BCUT2D eigenvalue weighted by Crippen LogP contribution is 2.33. The standard InChI is InChI=1S/C24H22F2N8O4/c25-21-9-15(33-13-17(37-23(33)35)11-31-7-5-27-29-31)1-3-19(21)20-4-2-16(10-22(20)26)34-14-18(38-24(34)36)12-32-8-6-28-30-32/h1-10,17-18,27,29H,11-14H2/p+1. The van der Waals surface area contributed by atoms with Gasteiger partial charge in [-0.05, 0) is 36.4 Å². The summed E-state index contributed by atoms with van der Waals surface area (Å²) in [5.74, 6) is -1.40. The third-order valence-corrected chi connectivity index (χ3v) is 6.43. The first-order valence-electron chi connectivity index (χ1n) is 11.9. The van der Waals surface area contributed by atoms with Crippen LogP contribution in [0.15, 0.2) is 61.2 Å². The molecule has 3 aliphatic heterocycles. The van der Waals surface area contributed by atoms with Gasteiger partial charge >= 0.3 is 12.2 Å². The van der Waals surface area contributed by atoms with Gasteiger partial charge in [-0.1, -0.05) is 10.7 Å². The van der Waals surface area contributed by atoms with Crippen LogP contribution in [0.3, 0.4) is 0 Å². The molecule has 2 saturated heterocycles. The molecule has 3 aliphatic rings. The number of hydrazine groups is 1. The molecule has 38 heavy (non-hydrogen) atoms. The van der Waals surface area contributed by atoms with Crippen molar-refractivity contribution in [1.82, 2.24) is 25.5 Å².